The summed E-state index contributed by atoms with van der Waals surface area (Å²) >= 11 is 5.95. The summed E-state index contributed by atoms with van der Waals surface area (Å²) in [5.74, 6) is 0.486. The van der Waals surface area contributed by atoms with Crippen LogP contribution >= 0.6 is 11.6 Å². The molecule has 0 aliphatic rings. The van der Waals surface area contributed by atoms with E-state index in [0.717, 1.165) is 17.7 Å². The fraction of sp³-hybridized carbons (Fsp3) is 0.294. The van der Waals surface area contributed by atoms with E-state index in [-0.39, 0.29) is 5.91 Å². The lowest BCUT2D eigenvalue weighted by atomic mass is 10.2. The van der Waals surface area contributed by atoms with Crippen LogP contribution in [-0.2, 0) is 4.74 Å². The van der Waals surface area contributed by atoms with Crippen molar-refractivity contribution in [1.29, 1.82) is 0 Å². The van der Waals surface area contributed by atoms with Crippen LogP contribution in [0.2, 0.25) is 5.02 Å². The van der Waals surface area contributed by atoms with E-state index in [0.29, 0.717) is 29.6 Å². The van der Waals surface area contributed by atoms with Gasteiger partial charge in [-0.3, -0.25) is 4.79 Å². The van der Waals surface area contributed by atoms with Crippen LogP contribution in [0, 0.1) is 6.92 Å². The normalized spacial score (nSPS) is 10.4. The number of aryl methyl sites for hydroxylation is 1. The second-order valence-electron chi connectivity index (χ2n) is 5.12. The van der Waals surface area contributed by atoms with Gasteiger partial charge in [0.25, 0.3) is 5.91 Å². The van der Waals surface area contributed by atoms with Crippen LogP contribution in [0.4, 0.5) is 11.5 Å². The van der Waals surface area contributed by atoms with Crippen LogP contribution in [0.3, 0.4) is 0 Å². The van der Waals surface area contributed by atoms with Crippen molar-refractivity contribution in [3.05, 3.63) is 52.7 Å². The first-order valence-electron chi connectivity index (χ1n) is 7.36. The average molecular weight is 334 g/mol. The van der Waals surface area contributed by atoms with Crippen molar-refractivity contribution < 1.29 is 9.53 Å². The van der Waals surface area contributed by atoms with E-state index in [1.165, 1.54) is 0 Å². The maximum absolute atomic E-state index is 12.1. The van der Waals surface area contributed by atoms with Crippen LogP contribution in [0.1, 0.15) is 22.3 Å². The lowest BCUT2D eigenvalue weighted by Gasteiger charge is -2.10. The highest BCUT2D eigenvalue weighted by Gasteiger charge is 2.07. The lowest BCUT2D eigenvalue weighted by Crippen LogP contribution is -2.25. The number of hydrogen-bond donors (Lipinski definition) is 2. The van der Waals surface area contributed by atoms with Gasteiger partial charge in [-0.15, -0.1) is 0 Å². The molecule has 0 saturated heterocycles. The van der Waals surface area contributed by atoms with Gasteiger partial charge in [0.2, 0.25) is 0 Å². The number of benzene rings is 1. The molecule has 0 spiro atoms. The first kappa shape index (κ1) is 17.2. The van der Waals surface area contributed by atoms with Gasteiger partial charge in [0.05, 0.1) is 0 Å². The third-order valence-electron chi connectivity index (χ3n) is 3.28. The molecule has 0 fully saturated rings. The van der Waals surface area contributed by atoms with Crippen LogP contribution < -0.4 is 10.6 Å². The molecular weight excluding hydrogens is 314 g/mol. The number of pyridine rings is 1. The van der Waals surface area contributed by atoms with Gasteiger partial charge in [-0.1, -0.05) is 11.6 Å². The SMILES string of the molecule is COCCCNC(=O)c1ccnc(Nc2ccc(Cl)cc2C)c1. The van der Waals surface area contributed by atoms with Crippen molar-refractivity contribution in [3.63, 3.8) is 0 Å². The second kappa shape index (κ2) is 8.50. The maximum Gasteiger partial charge on any atom is 0.251 e. The van der Waals surface area contributed by atoms with Crippen LogP contribution in [0.15, 0.2) is 36.5 Å². The molecule has 0 unspecified atom stereocenters. The fourth-order valence-corrected chi connectivity index (χ4v) is 2.29. The number of methoxy groups -OCH3 is 1. The number of rotatable bonds is 7. The van der Waals surface area contributed by atoms with Gasteiger partial charge >= 0.3 is 0 Å². The maximum atomic E-state index is 12.1. The van der Waals surface area contributed by atoms with Crippen molar-refractivity contribution in [2.75, 3.05) is 25.6 Å². The summed E-state index contributed by atoms with van der Waals surface area (Å²) in [6.07, 6.45) is 2.39. The summed E-state index contributed by atoms with van der Waals surface area (Å²) in [6.45, 7) is 3.16. The smallest absolute Gasteiger partial charge is 0.251 e. The number of carbonyl (C=O) groups excluding carboxylic acids is 1. The summed E-state index contributed by atoms with van der Waals surface area (Å²) in [7, 11) is 1.64. The molecule has 2 aromatic rings. The molecule has 23 heavy (non-hydrogen) atoms. The van der Waals surface area contributed by atoms with Crippen molar-refractivity contribution in [3.8, 4) is 0 Å². The van der Waals surface area contributed by atoms with Crippen LogP contribution in [-0.4, -0.2) is 31.2 Å². The summed E-state index contributed by atoms with van der Waals surface area (Å²) in [6, 6.07) is 8.97. The number of hydrogen-bond acceptors (Lipinski definition) is 4. The Balaban J connectivity index is 2.03. The van der Waals surface area contributed by atoms with Gasteiger partial charge in [-0.25, -0.2) is 4.98 Å². The first-order valence-corrected chi connectivity index (χ1v) is 7.74. The number of ether oxygens (including phenoxy) is 1. The lowest BCUT2D eigenvalue weighted by molar-refractivity contribution is 0.0948. The Kier molecular flexibility index (Phi) is 6.38. The van der Waals surface area contributed by atoms with Crippen molar-refractivity contribution >= 4 is 29.0 Å². The largest absolute Gasteiger partial charge is 0.385 e. The highest BCUT2D eigenvalue weighted by atomic mass is 35.5. The molecule has 0 saturated carbocycles. The zero-order valence-corrected chi connectivity index (χ0v) is 14.0. The topological polar surface area (TPSA) is 63.2 Å². The van der Waals surface area contributed by atoms with Gasteiger partial charge in [0, 0.05) is 42.7 Å². The van der Waals surface area contributed by atoms with E-state index in [9.17, 15) is 4.79 Å². The number of aromatic nitrogens is 1. The average Bonchev–Trinajstić information content (AvgIpc) is 2.54. The molecule has 1 heterocycles. The number of amides is 1. The van der Waals surface area contributed by atoms with Gasteiger partial charge in [0.15, 0.2) is 0 Å². The molecule has 6 heteroatoms. The van der Waals surface area contributed by atoms with E-state index >= 15 is 0 Å². The van der Waals surface area contributed by atoms with E-state index in [1.807, 2.05) is 25.1 Å². The molecule has 0 radical (unpaired) electrons. The molecule has 1 amide bonds. The summed E-state index contributed by atoms with van der Waals surface area (Å²) in [4.78, 5) is 16.3. The van der Waals surface area contributed by atoms with Crippen molar-refractivity contribution in [2.24, 2.45) is 0 Å². The van der Waals surface area contributed by atoms with Crippen molar-refractivity contribution in [1.82, 2.24) is 10.3 Å². The van der Waals surface area contributed by atoms with E-state index in [2.05, 4.69) is 15.6 Å². The Labute approximate surface area is 141 Å². The molecule has 2 rings (SSSR count). The number of anilines is 2. The van der Waals surface area contributed by atoms with Crippen LogP contribution in [0.5, 0.6) is 0 Å². The quantitative estimate of drug-likeness (QED) is 0.760. The molecule has 2 N–H and O–H groups in total. The summed E-state index contributed by atoms with van der Waals surface area (Å²) in [5, 5.41) is 6.74. The molecule has 5 nitrogen and oxygen atoms in total. The third-order valence-corrected chi connectivity index (χ3v) is 3.52. The Hall–Kier alpha value is -2.11. The minimum atomic E-state index is -0.126. The molecule has 1 aromatic heterocycles. The standard InChI is InChI=1S/C17H20ClN3O2/c1-12-10-14(18)4-5-15(12)21-16-11-13(6-8-19-16)17(22)20-7-3-9-23-2/h4-6,8,10-11H,3,7,9H2,1-2H3,(H,19,21)(H,20,22). The van der Waals surface area contributed by atoms with Gasteiger partial charge in [-0.2, -0.15) is 0 Å². The second-order valence-corrected chi connectivity index (χ2v) is 5.55. The Morgan fingerprint density at radius 3 is 2.87 bits per heavy atom. The van der Waals surface area contributed by atoms with Gasteiger partial charge in [-0.05, 0) is 49.2 Å². The third kappa shape index (κ3) is 5.23. The molecule has 0 aliphatic heterocycles. The van der Waals surface area contributed by atoms with Gasteiger partial charge in [0.1, 0.15) is 5.82 Å². The van der Waals surface area contributed by atoms with E-state index in [4.69, 9.17) is 16.3 Å². The molecule has 0 bridgehead atoms. The van der Waals surface area contributed by atoms with E-state index < -0.39 is 0 Å². The molecule has 122 valence electrons. The number of nitrogens with one attached hydrogen (secondary N) is 2. The monoisotopic (exact) mass is 333 g/mol. The Morgan fingerprint density at radius 2 is 2.13 bits per heavy atom. The number of halogens is 1. The predicted molar refractivity (Wildman–Crippen MR) is 92.5 cm³/mol. The van der Waals surface area contributed by atoms with E-state index in [1.54, 1.807) is 25.4 Å². The van der Waals surface area contributed by atoms with Gasteiger partial charge < -0.3 is 15.4 Å². The molecule has 1 aromatic carbocycles. The number of nitrogens with zero attached hydrogens (tertiary/aromatic N) is 1. The highest BCUT2D eigenvalue weighted by Crippen LogP contribution is 2.22. The Bertz CT molecular complexity index is 677. The molecule has 0 atom stereocenters. The predicted octanol–water partition coefficient (Wildman–Crippen LogP) is 3.55. The highest BCUT2D eigenvalue weighted by molar-refractivity contribution is 6.30. The van der Waals surface area contributed by atoms with Crippen molar-refractivity contribution in [2.45, 2.75) is 13.3 Å². The zero-order valence-electron chi connectivity index (χ0n) is 13.2. The number of carbonyl (C=O) groups is 1. The minimum Gasteiger partial charge on any atom is -0.385 e. The fourth-order valence-electron chi connectivity index (χ4n) is 2.07. The first-order chi connectivity index (χ1) is 11.1. The van der Waals surface area contributed by atoms with Crippen LogP contribution in [0.25, 0.3) is 0 Å². The summed E-state index contributed by atoms with van der Waals surface area (Å²) in [5.41, 5.74) is 2.47. The zero-order chi connectivity index (χ0) is 16.7. The molecule has 0 aliphatic carbocycles. The summed E-state index contributed by atoms with van der Waals surface area (Å²) < 4.78 is 4.95. The minimum absolute atomic E-state index is 0.126. The Morgan fingerprint density at radius 1 is 1.30 bits per heavy atom. The molecular formula is C17H20ClN3O2.